The van der Waals surface area contributed by atoms with Crippen LogP contribution in [0.25, 0.3) is 0 Å². The topological polar surface area (TPSA) is 105 Å². The van der Waals surface area contributed by atoms with Crippen molar-refractivity contribution in [1.82, 2.24) is 9.29 Å². The van der Waals surface area contributed by atoms with E-state index in [0.29, 0.717) is 11.5 Å². The molecule has 0 saturated carbocycles. The average molecular weight is 258 g/mol. The lowest BCUT2D eigenvalue weighted by atomic mass is 10.4. The summed E-state index contributed by atoms with van der Waals surface area (Å²) in [7, 11) is -2.03. The molecule has 0 bridgehead atoms. The maximum atomic E-state index is 11.5. The molecular formula is C9H14N4O3S. The van der Waals surface area contributed by atoms with Crippen LogP contribution in [0.2, 0.25) is 0 Å². The number of rotatable bonds is 4. The van der Waals surface area contributed by atoms with E-state index in [0.717, 1.165) is 10.6 Å². The van der Waals surface area contributed by atoms with Crippen LogP contribution in [0.1, 0.15) is 0 Å². The van der Waals surface area contributed by atoms with Crippen LogP contribution in [0.3, 0.4) is 0 Å². The summed E-state index contributed by atoms with van der Waals surface area (Å²) in [6.07, 6.45) is 2.43. The van der Waals surface area contributed by atoms with E-state index >= 15 is 0 Å². The van der Waals surface area contributed by atoms with E-state index in [9.17, 15) is 13.2 Å². The molecule has 8 heteroatoms. The number of nitrogens with zero attached hydrogens (tertiary/aromatic N) is 2. The van der Waals surface area contributed by atoms with Crippen molar-refractivity contribution >= 4 is 27.4 Å². The van der Waals surface area contributed by atoms with E-state index in [1.165, 1.54) is 19.3 Å². The maximum Gasteiger partial charge on any atom is 0.239 e. The fraction of sp³-hybridized carbons (Fsp3) is 0.333. The van der Waals surface area contributed by atoms with Crippen LogP contribution < -0.4 is 11.1 Å². The number of amides is 1. The number of nitrogens with two attached hydrogens (primary N) is 1. The van der Waals surface area contributed by atoms with E-state index in [1.54, 1.807) is 6.07 Å². The third-order valence-corrected chi connectivity index (χ3v) is 3.26. The summed E-state index contributed by atoms with van der Waals surface area (Å²) in [5.41, 5.74) is 5.85. The highest BCUT2D eigenvalue weighted by Gasteiger charge is 2.14. The Bertz CT molecular complexity index is 497. The van der Waals surface area contributed by atoms with Gasteiger partial charge in [-0.05, 0) is 12.1 Å². The van der Waals surface area contributed by atoms with Crippen LogP contribution in [-0.4, -0.2) is 43.5 Å². The minimum absolute atomic E-state index is 0.247. The molecule has 0 spiro atoms. The first kappa shape index (κ1) is 13.4. The number of hydrogen-bond donors (Lipinski definition) is 2. The summed E-state index contributed by atoms with van der Waals surface area (Å²) in [6, 6.07) is 3.12. The molecule has 0 fully saturated rings. The number of anilines is 2. The van der Waals surface area contributed by atoms with Gasteiger partial charge in [-0.25, -0.2) is 13.4 Å². The minimum atomic E-state index is -3.36. The van der Waals surface area contributed by atoms with E-state index in [-0.39, 0.29) is 6.54 Å². The number of aromatic nitrogens is 1. The molecule has 1 rings (SSSR count). The Kier molecular flexibility index (Phi) is 4.02. The summed E-state index contributed by atoms with van der Waals surface area (Å²) in [4.78, 5) is 15.3. The number of nitrogen functional groups attached to an aromatic ring is 1. The van der Waals surface area contributed by atoms with Crippen LogP contribution >= 0.6 is 0 Å². The van der Waals surface area contributed by atoms with E-state index in [2.05, 4.69) is 10.3 Å². The van der Waals surface area contributed by atoms with Crippen molar-refractivity contribution in [3.8, 4) is 0 Å². The predicted octanol–water partition coefficient (Wildman–Crippen LogP) is -0.506. The van der Waals surface area contributed by atoms with Gasteiger partial charge in [-0.2, -0.15) is 4.31 Å². The maximum absolute atomic E-state index is 11.5. The van der Waals surface area contributed by atoms with Crippen LogP contribution in [0, 0.1) is 0 Å². The largest absolute Gasteiger partial charge is 0.384 e. The normalized spacial score (nSPS) is 11.5. The smallest absolute Gasteiger partial charge is 0.239 e. The van der Waals surface area contributed by atoms with Crippen LogP contribution in [0.15, 0.2) is 18.3 Å². The van der Waals surface area contributed by atoms with Gasteiger partial charge in [0, 0.05) is 7.05 Å². The predicted molar refractivity (Wildman–Crippen MR) is 64.8 cm³/mol. The third-order valence-electron chi connectivity index (χ3n) is 2.00. The molecule has 94 valence electrons. The third kappa shape index (κ3) is 4.37. The summed E-state index contributed by atoms with van der Waals surface area (Å²) >= 11 is 0. The van der Waals surface area contributed by atoms with Crippen molar-refractivity contribution in [2.24, 2.45) is 0 Å². The number of likely N-dealkylation sites (N-methyl/N-ethyl adjacent to an activating group) is 1. The molecule has 1 heterocycles. The van der Waals surface area contributed by atoms with Crippen molar-refractivity contribution in [3.05, 3.63) is 18.3 Å². The Morgan fingerprint density at radius 3 is 2.65 bits per heavy atom. The Morgan fingerprint density at radius 1 is 1.53 bits per heavy atom. The van der Waals surface area contributed by atoms with Gasteiger partial charge in [0.2, 0.25) is 15.9 Å². The molecule has 1 aromatic heterocycles. The lowest BCUT2D eigenvalue weighted by Crippen LogP contribution is -2.34. The Morgan fingerprint density at radius 2 is 2.18 bits per heavy atom. The number of hydrogen-bond acceptors (Lipinski definition) is 5. The molecule has 0 aliphatic rings. The highest BCUT2D eigenvalue weighted by molar-refractivity contribution is 7.88. The molecule has 7 nitrogen and oxygen atoms in total. The molecule has 3 N–H and O–H groups in total. The van der Waals surface area contributed by atoms with E-state index < -0.39 is 15.9 Å². The minimum Gasteiger partial charge on any atom is -0.384 e. The van der Waals surface area contributed by atoms with Gasteiger partial charge in [0.1, 0.15) is 5.82 Å². The molecule has 1 amide bonds. The van der Waals surface area contributed by atoms with Crippen molar-refractivity contribution in [1.29, 1.82) is 0 Å². The monoisotopic (exact) mass is 258 g/mol. The summed E-state index contributed by atoms with van der Waals surface area (Å²) in [6.45, 7) is -0.247. The number of carbonyl (C=O) groups is 1. The number of nitrogens with one attached hydrogen (secondary N) is 1. The fourth-order valence-electron chi connectivity index (χ4n) is 0.999. The first-order chi connectivity index (χ1) is 7.79. The van der Waals surface area contributed by atoms with Gasteiger partial charge in [0.25, 0.3) is 0 Å². The Hall–Kier alpha value is -1.67. The van der Waals surface area contributed by atoms with E-state index in [4.69, 9.17) is 5.73 Å². The second-order valence-electron chi connectivity index (χ2n) is 3.54. The zero-order chi connectivity index (χ0) is 13.1. The zero-order valence-electron chi connectivity index (χ0n) is 9.54. The molecular weight excluding hydrogens is 244 g/mol. The molecule has 0 aliphatic carbocycles. The fourth-order valence-corrected chi connectivity index (χ4v) is 1.35. The quantitative estimate of drug-likeness (QED) is 0.757. The lowest BCUT2D eigenvalue weighted by Gasteiger charge is -2.13. The number of pyridine rings is 1. The highest BCUT2D eigenvalue weighted by Crippen LogP contribution is 2.06. The molecule has 0 saturated heterocycles. The van der Waals surface area contributed by atoms with Crippen molar-refractivity contribution in [3.63, 3.8) is 0 Å². The standard InChI is InChI=1S/C9H14N4O3S/c1-13(17(2,15)16)6-9(14)12-7-3-4-8(10)11-5-7/h3-5H,6H2,1-2H3,(H2,10,11)(H,12,14). The number of carbonyl (C=O) groups excluding carboxylic acids is 1. The van der Waals surface area contributed by atoms with Gasteiger partial charge in [-0.3, -0.25) is 4.79 Å². The SMILES string of the molecule is CN(CC(=O)Nc1ccc(N)nc1)S(C)(=O)=O. The molecule has 0 atom stereocenters. The Labute approximate surface area is 99.7 Å². The molecule has 17 heavy (non-hydrogen) atoms. The van der Waals surface area contributed by atoms with Crippen molar-refractivity contribution < 1.29 is 13.2 Å². The van der Waals surface area contributed by atoms with E-state index in [1.807, 2.05) is 0 Å². The van der Waals surface area contributed by atoms with Crippen molar-refractivity contribution in [2.45, 2.75) is 0 Å². The zero-order valence-corrected chi connectivity index (χ0v) is 10.4. The molecule has 0 aromatic carbocycles. The highest BCUT2D eigenvalue weighted by atomic mass is 32.2. The summed E-state index contributed by atoms with van der Waals surface area (Å²) in [5, 5.41) is 2.51. The summed E-state index contributed by atoms with van der Waals surface area (Å²) < 4.78 is 23.1. The number of sulfonamides is 1. The summed E-state index contributed by atoms with van der Waals surface area (Å²) in [5.74, 6) is -0.0965. The second-order valence-corrected chi connectivity index (χ2v) is 5.63. The van der Waals surface area contributed by atoms with Gasteiger partial charge in [0.05, 0.1) is 24.7 Å². The molecule has 1 aromatic rings. The van der Waals surface area contributed by atoms with Gasteiger partial charge in [-0.15, -0.1) is 0 Å². The molecule has 0 aliphatic heterocycles. The van der Waals surface area contributed by atoms with Gasteiger partial charge < -0.3 is 11.1 Å². The van der Waals surface area contributed by atoms with Gasteiger partial charge in [-0.1, -0.05) is 0 Å². The first-order valence-corrected chi connectivity index (χ1v) is 6.56. The van der Waals surface area contributed by atoms with Crippen LogP contribution in [0.4, 0.5) is 11.5 Å². The molecule has 0 unspecified atom stereocenters. The van der Waals surface area contributed by atoms with Crippen LogP contribution in [-0.2, 0) is 14.8 Å². The molecule has 0 radical (unpaired) electrons. The lowest BCUT2D eigenvalue weighted by molar-refractivity contribution is -0.116. The van der Waals surface area contributed by atoms with Crippen LogP contribution in [0.5, 0.6) is 0 Å². The van der Waals surface area contributed by atoms with Gasteiger partial charge >= 0.3 is 0 Å². The first-order valence-electron chi connectivity index (χ1n) is 4.72. The second kappa shape index (κ2) is 5.11. The van der Waals surface area contributed by atoms with Crippen molar-refractivity contribution in [2.75, 3.05) is 30.9 Å². The average Bonchev–Trinajstić information content (AvgIpc) is 2.20. The Balaban J connectivity index is 2.59. The van der Waals surface area contributed by atoms with Gasteiger partial charge in [0.15, 0.2) is 0 Å².